The van der Waals surface area contributed by atoms with Crippen molar-refractivity contribution < 1.29 is 4.39 Å². The molecule has 0 aliphatic heterocycles. The predicted molar refractivity (Wildman–Crippen MR) is 74.3 cm³/mol. The van der Waals surface area contributed by atoms with E-state index in [2.05, 4.69) is 29.9 Å². The number of hydrogen-bond acceptors (Lipinski definition) is 1. The van der Waals surface area contributed by atoms with Gasteiger partial charge in [-0.3, -0.25) is 0 Å². The lowest BCUT2D eigenvalue weighted by atomic mass is 10.1. The topological polar surface area (TPSA) is 17.0 Å². The highest BCUT2D eigenvalue weighted by Crippen LogP contribution is 2.22. The van der Waals surface area contributed by atoms with Crippen molar-refractivity contribution in [1.82, 2.24) is 9.88 Å². The number of benzene rings is 1. The van der Waals surface area contributed by atoms with Crippen LogP contribution < -0.4 is 5.32 Å². The molecule has 1 aromatic heterocycles. The van der Waals surface area contributed by atoms with Crippen molar-refractivity contribution >= 4 is 10.9 Å². The first-order valence-corrected chi connectivity index (χ1v) is 6.55. The molecule has 1 aromatic carbocycles. The van der Waals surface area contributed by atoms with Gasteiger partial charge in [0.05, 0.1) is 0 Å². The van der Waals surface area contributed by atoms with E-state index in [4.69, 9.17) is 0 Å². The number of nitrogens with one attached hydrogen (secondary N) is 1. The Morgan fingerprint density at radius 3 is 2.83 bits per heavy atom. The van der Waals surface area contributed by atoms with Crippen LogP contribution in [0.5, 0.6) is 0 Å². The molecule has 0 aliphatic carbocycles. The first-order chi connectivity index (χ1) is 8.58. The van der Waals surface area contributed by atoms with E-state index in [0.717, 1.165) is 30.3 Å². The second-order valence-corrected chi connectivity index (χ2v) is 5.14. The molecule has 0 unspecified atom stereocenters. The molecule has 2 aromatic rings. The van der Waals surface area contributed by atoms with Crippen LogP contribution >= 0.6 is 0 Å². The molecule has 2 nitrogen and oxygen atoms in total. The molecule has 3 heteroatoms. The van der Waals surface area contributed by atoms with Gasteiger partial charge in [-0.05, 0) is 43.1 Å². The van der Waals surface area contributed by atoms with Crippen LogP contribution in [0.4, 0.5) is 4.39 Å². The van der Waals surface area contributed by atoms with Crippen LogP contribution in [-0.4, -0.2) is 17.2 Å². The summed E-state index contributed by atoms with van der Waals surface area (Å²) < 4.78 is 15.4. The van der Waals surface area contributed by atoms with E-state index in [-0.39, 0.29) is 5.82 Å². The zero-order valence-corrected chi connectivity index (χ0v) is 11.3. The van der Waals surface area contributed by atoms with Crippen molar-refractivity contribution in [1.29, 1.82) is 0 Å². The fourth-order valence-corrected chi connectivity index (χ4v) is 2.31. The van der Waals surface area contributed by atoms with Crippen LogP contribution in [0, 0.1) is 5.82 Å². The third kappa shape index (κ3) is 2.91. The first-order valence-electron chi connectivity index (χ1n) is 6.55. The molecule has 0 radical (unpaired) electrons. The summed E-state index contributed by atoms with van der Waals surface area (Å²) in [5.41, 5.74) is 2.33. The molecule has 0 saturated heterocycles. The largest absolute Gasteiger partial charge is 0.350 e. The average Bonchev–Trinajstić information content (AvgIpc) is 2.61. The Balaban J connectivity index is 2.10. The van der Waals surface area contributed by atoms with Crippen molar-refractivity contribution in [2.75, 3.05) is 6.54 Å². The minimum absolute atomic E-state index is 0.157. The summed E-state index contributed by atoms with van der Waals surface area (Å²) in [6, 6.07) is 5.53. The first kappa shape index (κ1) is 13.1. The predicted octanol–water partition coefficient (Wildman–Crippen LogP) is 3.25. The van der Waals surface area contributed by atoms with Gasteiger partial charge in [-0.1, -0.05) is 13.8 Å². The molecule has 18 heavy (non-hydrogen) atoms. The highest BCUT2D eigenvalue weighted by Gasteiger charge is 2.07. The molecular weight excluding hydrogens is 227 g/mol. The summed E-state index contributed by atoms with van der Waals surface area (Å²) in [5, 5.41) is 4.44. The second-order valence-electron chi connectivity index (χ2n) is 5.14. The molecule has 1 N–H and O–H groups in total. The highest BCUT2D eigenvalue weighted by molar-refractivity contribution is 5.84. The fraction of sp³-hybridized carbons (Fsp3) is 0.467. The number of halogens is 1. The molecule has 98 valence electrons. The number of aromatic nitrogens is 1. The molecular formula is C15H21FN2. The molecule has 0 atom stereocenters. The average molecular weight is 248 g/mol. The maximum Gasteiger partial charge on any atom is 0.123 e. The summed E-state index contributed by atoms with van der Waals surface area (Å²) in [6.07, 6.45) is 4.17. The van der Waals surface area contributed by atoms with E-state index in [1.807, 2.05) is 13.1 Å². The number of rotatable bonds is 5. The molecule has 0 fully saturated rings. The normalized spacial score (nSPS) is 11.6. The van der Waals surface area contributed by atoms with Gasteiger partial charge in [0.15, 0.2) is 0 Å². The summed E-state index contributed by atoms with van der Waals surface area (Å²) in [5.74, 6) is -0.157. The van der Waals surface area contributed by atoms with Gasteiger partial charge >= 0.3 is 0 Å². The van der Waals surface area contributed by atoms with E-state index in [1.54, 1.807) is 6.07 Å². The minimum Gasteiger partial charge on any atom is -0.350 e. The lowest BCUT2D eigenvalue weighted by Crippen LogP contribution is -2.23. The number of fused-ring (bicyclic) bond motifs is 1. The molecule has 1 heterocycles. The van der Waals surface area contributed by atoms with Gasteiger partial charge in [0.1, 0.15) is 5.82 Å². The lowest BCUT2D eigenvalue weighted by molar-refractivity contribution is 0.571. The van der Waals surface area contributed by atoms with Crippen LogP contribution in [0.25, 0.3) is 10.9 Å². The van der Waals surface area contributed by atoms with Crippen LogP contribution in [0.2, 0.25) is 0 Å². The smallest absolute Gasteiger partial charge is 0.123 e. The quantitative estimate of drug-likeness (QED) is 0.804. The van der Waals surface area contributed by atoms with Gasteiger partial charge in [0.2, 0.25) is 0 Å². The Hall–Kier alpha value is -1.35. The zero-order valence-electron chi connectivity index (χ0n) is 11.3. The number of nitrogens with zero attached hydrogens (tertiary/aromatic N) is 1. The van der Waals surface area contributed by atoms with E-state index in [1.165, 1.54) is 11.6 Å². The molecule has 2 rings (SSSR count). The fourth-order valence-electron chi connectivity index (χ4n) is 2.31. The van der Waals surface area contributed by atoms with Crippen molar-refractivity contribution in [2.45, 2.75) is 32.7 Å². The maximum absolute atomic E-state index is 13.3. The lowest BCUT2D eigenvalue weighted by Gasteiger charge is -2.07. The van der Waals surface area contributed by atoms with Gasteiger partial charge in [-0.15, -0.1) is 0 Å². The molecule has 0 saturated carbocycles. The molecule has 0 amide bonds. The van der Waals surface area contributed by atoms with Crippen molar-refractivity contribution in [2.24, 2.45) is 7.05 Å². The Kier molecular flexibility index (Phi) is 4.02. The van der Waals surface area contributed by atoms with Crippen LogP contribution in [-0.2, 0) is 13.5 Å². The zero-order chi connectivity index (χ0) is 13.1. The van der Waals surface area contributed by atoms with Crippen molar-refractivity contribution in [3.05, 3.63) is 35.8 Å². The van der Waals surface area contributed by atoms with Crippen molar-refractivity contribution in [3.8, 4) is 0 Å². The third-order valence-corrected chi connectivity index (χ3v) is 3.21. The van der Waals surface area contributed by atoms with Crippen LogP contribution in [0.15, 0.2) is 24.4 Å². The van der Waals surface area contributed by atoms with Gasteiger partial charge in [0.25, 0.3) is 0 Å². The van der Waals surface area contributed by atoms with E-state index in [0.29, 0.717) is 6.04 Å². The second kappa shape index (κ2) is 5.53. The summed E-state index contributed by atoms with van der Waals surface area (Å²) in [7, 11) is 2.01. The Morgan fingerprint density at radius 2 is 2.11 bits per heavy atom. The van der Waals surface area contributed by atoms with E-state index >= 15 is 0 Å². The summed E-state index contributed by atoms with van der Waals surface area (Å²) in [4.78, 5) is 0. The van der Waals surface area contributed by atoms with Gasteiger partial charge in [-0.2, -0.15) is 0 Å². The number of aryl methyl sites for hydroxylation is 2. The molecule has 0 bridgehead atoms. The Morgan fingerprint density at radius 1 is 1.33 bits per heavy atom. The minimum atomic E-state index is -0.157. The monoisotopic (exact) mass is 248 g/mol. The summed E-state index contributed by atoms with van der Waals surface area (Å²) >= 11 is 0. The van der Waals surface area contributed by atoms with Crippen LogP contribution in [0.3, 0.4) is 0 Å². The molecule has 0 aliphatic rings. The van der Waals surface area contributed by atoms with Gasteiger partial charge < -0.3 is 9.88 Å². The van der Waals surface area contributed by atoms with E-state index in [9.17, 15) is 4.39 Å². The maximum atomic E-state index is 13.3. The molecule has 0 spiro atoms. The van der Waals surface area contributed by atoms with Gasteiger partial charge in [-0.25, -0.2) is 4.39 Å². The van der Waals surface area contributed by atoms with E-state index < -0.39 is 0 Å². The summed E-state index contributed by atoms with van der Waals surface area (Å²) in [6.45, 7) is 5.30. The van der Waals surface area contributed by atoms with Gasteiger partial charge in [0, 0.05) is 30.2 Å². The Bertz CT molecular complexity index is 529. The van der Waals surface area contributed by atoms with Crippen molar-refractivity contribution in [3.63, 3.8) is 0 Å². The SMILES string of the molecule is CC(C)NCCCc1cn(C)c2ccc(F)cc12. The third-order valence-electron chi connectivity index (χ3n) is 3.21. The highest BCUT2D eigenvalue weighted by atomic mass is 19.1. The Labute approximate surface area is 108 Å². The van der Waals surface area contributed by atoms with Crippen LogP contribution in [0.1, 0.15) is 25.8 Å². The number of hydrogen-bond donors (Lipinski definition) is 1. The standard InChI is InChI=1S/C15H21FN2/c1-11(2)17-8-4-5-12-10-18(3)15-7-6-13(16)9-14(12)15/h6-7,9-11,17H,4-5,8H2,1-3H3.